The Kier molecular flexibility index (Phi) is 3.77. The van der Waals surface area contributed by atoms with Crippen LogP contribution >= 0.6 is 0 Å². The zero-order chi connectivity index (χ0) is 13.2. The van der Waals surface area contributed by atoms with Crippen LogP contribution in [0.15, 0.2) is 12.5 Å². The molecule has 0 saturated carbocycles. The summed E-state index contributed by atoms with van der Waals surface area (Å²) in [6.45, 7) is 5.73. The molecule has 0 bridgehead atoms. The van der Waals surface area contributed by atoms with Gasteiger partial charge in [-0.15, -0.1) is 0 Å². The van der Waals surface area contributed by atoms with Crippen LogP contribution in [0.1, 0.15) is 32.4 Å². The summed E-state index contributed by atoms with van der Waals surface area (Å²) in [6.07, 6.45) is 5.43. The van der Waals surface area contributed by atoms with Gasteiger partial charge in [-0.3, -0.25) is 0 Å². The molecule has 18 heavy (non-hydrogen) atoms. The summed E-state index contributed by atoms with van der Waals surface area (Å²) in [6, 6.07) is 0. The first-order chi connectivity index (χ1) is 8.44. The van der Waals surface area contributed by atoms with Crippen LogP contribution in [0.2, 0.25) is 0 Å². The van der Waals surface area contributed by atoms with Crippen molar-refractivity contribution >= 4 is 9.84 Å². The van der Waals surface area contributed by atoms with E-state index in [0.717, 1.165) is 18.7 Å². The maximum Gasteiger partial charge on any atom is 0.152 e. The first kappa shape index (κ1) is 13.5. The van der Waals surface area contributed by atoms with Crippen LogP contribution in [0.4, 0.5) is 0 Å². The number of imidazole rings is 1. The third-order valence-electron chi connectivity index (χ3n) is 3.46. The second-order valence-corrected chi connectivity index (χ2v) is 7.52. The average Bonchev–Trinajstić information content (AvgIpc) is 2.82. The third-order valence-corrected chi connectivity index (χ3v) is 5.37. The van der Waals surface area contributed by atoms with Gasteiger partial charge in [0.1, 0.15) is 0 Å². The molecule has 2 heterocycles. The lowest BCUT2D eigenvalue weighted by molar-refractivity contribution is 0.388. The smallest absolute Gasteiger partial charge is 0.152 e. The van der Waals surface area contributed by atoms with Crippen LogP contribution in [-0.2, 0) is 22.9 Å². The van der Waals surface area contributed by atoms with E-state index in [-0.39, 0.29) is 11.3 Å². The van der Waals surface area contributed by atoms with E-state index in [0.29, 0.717) is 18.7 Å². The minimum absolute atomic E-state index is 0.238. The minimum atomic E-state index is -2.85. The van der Waals surface area contributed by atoms with Gasteiger partial charge in [-0.1, -0.05) is 6.92 Å². The second kappa shape index (κ2) is 5.01. The summed E-state index contributed by atoms with van der Waals surface area (Å²) < 4.78 is 25.1. The Morgan fingerprint density at radius 1 is 1.56 bits per heavy atom. The second-order valence-electron chi connectivity index (χ2n) is 5.33. The van der Waals surface area contributed by atoms with E-state index in [1.165, 1.54) is 0 Å². The Balaban J connectivity index is 1.97. The SMILES string of the molecule is CCCn1cncc1CNC1(C)CCS(=O)(=O)C1. The molecule has 1 aromatic heterocycles. The van der Waals surface area contributed by atoms with Crippen molar-refractivity contribution < 1.29 is 8.42 Å². The molecule has 1 aliphatic heterocycles. The lowest BCUT2D eigenvalue weighted by atomic mass is 10.0. The molecule has 5 nitrogen and oxygen atoms in total. The van der Waals surface area contributed by atoms with Crippen LogP contribution < -0.4 is 5.32 Å². The van der Waals surface area contributed by atoms with E-state index < -0.39 is 9.84 Å². The molecule has 1 N–H and O–H groups in total. The molecule has 1 unspecified atom stereocenters. The Labute approximate surface area is 109 Å². The summed E-state index contributed by atoms with van der Waals surface area (Å²) in [5, 5.41) is 3.37. The summed E-state index contributed by atoms with van der Waals surface area (Å²) in [5.74, 6) is 0.534. The highest BCUT2D eigenvalue weighted by atomic mass is 32.2. The van der Waals surface area contributed by atoms with Crippen molar-refractivity contribution in [3.05, 3.63) is 18.2 Å². The maximum atomic E-state index is 11.5. The molecule has 102 valence electrons. The molecule has 1 aliphatic rings. The van der Waals surface area contributed by atoms with Crippen molar-refractivity contribution in [2.75, 3.05) is 11.5 Å². The van der Waals surface area contributed by atoms with Crippen molar-refractivity contribution in [1.29, 1.82) is 0 Å². The molecular weight excluding hydrogens is 250 g/mol. The van der Waals surface area contributed by atoms with Crippen molar-refractivity contribution in [2.45, 2.75) is 45.3 Å². The minimum Gasteiger partial charge on any atom is -0.333 e. The van der Waals surface area contributed by atoms with Crippen LogP contribution in [0, 0.1) is 0 Å². The van der Waals surface area contributed by atoms with E-state index >= 15 is 0 Å². The average molecular weight is 271 g/mol. The highest BCUT2D eigenvalue weighted by molar-refractivity contribution is 7.91. The largest absolute Gasteiger partial charge is 0.333 e. The van der Waals surface area contributed by atoms with Crippen molar-refractivity contribution in [1.82, 2.24) is 14.9 Å². The number of aromatic nitrogens is 2. The summed E-state index contributed by atoms with van der Waals surface area (Å²) in [7, 11) is -2.85. The fraction of sp³-hybridized carbons (Fsp3) is 0.750. The molecule has 1 aromatic rings. The first-order valence-corrected chi connectivity index (χ1v) is 8.21. The van der Waals surface area contributed by atoms with Crippen LogP contribution in [0.25, 0.3) is 0 Å². The number of sulfone groups is 1. The third kappa shape index (κ3) is 3.11. The number of nitrogens with zero attached hydrogens (tertiary/aromatic N) is 2. The number of hydrogen-bond acceptors (Lipinski definition) is 4. The molecule has 0 amide bonds. The molecule has 6 heteroatoms. The molecule has 0 aliphatic carbocycles. The fourth-order valence-corrected chi connectivity index (χ4v) is 4.51. The fourth-order valence-electron chi connectivity index (χ4n) is 2.39. The van der Waals surface area contributed by atoms with E-state index in [2.05, 4.69) is 21.8 Å². The Bertz CT molecular complexity index is 509. The van der Waals surface area contributed by atoms with Gasteiger partial charge in [-0.2, -0.15) is 0 Å². The number of nitrogens with one attached hydrogen (secondary N) is 1. The first-order valence-electron chi connectivity index (χ1n) is 6.39. The number of aryl methyl sites for hydroxylation is 1. The van der Waals surface area contributed by atoms with Gasteiger partial charge in [0.05, 0.1) is 23.5 Å². The predicted octanol–water partition coefficient (Wildman–Crippen LogP) is 0.960. The van der Waals surface area contributed by atoms with E-state index in [1.54, 1.807) is 0 Å². The van der Waals surface area contributed by atoms with E-state index in [1.807, 2.05) is 19.4 Å². The van der Waals surface area contributed by atoms with Gasteiger partial charge in [0.15, 0.2) is 9.84 Å². The highest BCUT2D eigenvalue weighted by Gasteiger charge is 2.37. The molecule has 1 saturated heterocycles. The molecule has 1 atom stereocenters. The molecule has 0 spiro atoms. The van der Waals surface area contributed by atoms with Gasteiger partial charge in [0.2, 0.25) is 0 Å². The topological polar surface area (TPSA) is 64.0 Å². The molecule has 1 fully saturated rings. The quantitative estimate of drug-likeness (QED) is 0.866. The molecule has 0 aromatic carbocycles. The Morgan fingerprint density at radius 3 is 2.94 bits per heavy atom. The number of hydrogen-bond donors (Lipinski definition) is 1. The molecule has 0 radical (unpaired) electrons. The van der Waals surface area contributed by atoms with Crippen molar-refractivity contribution in [2.24, 2.45) is 0 Å². The van der Waals surface area contributed by atoms with Gasteiger partial charge in [0.25, 0.3) is 0 Å². The standard InChI is InChI=1S/C12H21N3O2S/c1-3-5-15-10-13-7-11(15)8-14-12(2)4-6-18(16,17)9-12/h7,10,14H,3-6,8-9H2,1-2H3. The lowest BCUT2D eigenvalue weighted by Gasteiger charge is -2.24. The summed E-state index contributed by atoms with van der Waals surface area (Å²) >= 11 is 0. The van der Waals surface area contributed by atoms with Gasteiger partial charge in [0, 0.05) is 24.8 Å². The monoisotopic (exact) mass is 271 g/mol. The van der Waals surface area contributed by atoms with E-state index in [9.17, 15) is 8.42 Å². The summed E-state index contributed by atoms with van der Waals surface area (Å²) in [4.78, 5) is 4.14. The zero-order valence-electron chi connectivity index (χ0n) is 11.0. The lowest BCUT2D eigenvalue weighted by Crippen LogP contribution is -2.43. The van der Waals surface area contributed by atoms with Crippen LogP contribution in [0.3, 0.4) is 0 Å². The van der Waals surface area contributed by atoms with Crippen molar-refractivity contribution in [3.8, 4) is 0 Å². The highest BCUT2D eigenvalue weighted by Crippen LogP contribution is 2.23. The van der Waals surface area contributed by atoms with Crippen LogP contribution in [0.5, 0.6) is 0 Å². The predicted molar refractivity (Wildman–Crippen MR) is 71.0 cm³/mol. The van der Waals surface area contributed by atoms with E-state index in [4.69, 9.17) is 0 Å². The van der Waals surface area contributed by atoms with Gasteiger partial charge in [-0.25, -0.2) is 13.4 Å². The normalized spacial score (nSPS) is 26.6. The van der Waals surface area contributed by atoms with Gasteiger partial charge >= 0.3 is 0 Å². The Hall–Kier alpha value is -0.880. The van der Waals surface area contributed by atoms with Gasteiger partial charge in [-0.05, 0) is 19.8 Å². The van der Waals surface area contributed by atoms with Crippen LogP contribution in [-0.4, -0.2) is 35.0 Å². The summed E-state index contributed by atoms with van der Waals surface area (Å²) in [5.41, 5.74) is 0.822. The maximum absolute atomic E-state index is 11.5. The zero-order valence-corrected chi connectivity index (χ0v) is 11.8. The Morgan fingerprint density at radius 2 is 2.33 bits per heavy atom. The number of rotatable bonds is 5. The molecule has 2 rings (SSSR count). The van der Waals surface area contributed by atoms with Crippen molar-refractivity contribution in [3.63, 3.8) is 0 Å². The van der Waals surface area contributed by atoms with Gasteiger partial charge < -0.3 is 9.88 Å². The molecular formula is C12H21N3O2S.